The summed E-state index contributed by atoms with van der Waals surface area (Å²) in [6, 6.07) is 3.13. The number of piperidine rings is 1. The van der Waals surface area contributed by atoms with Crippen LogP contribution in [0.15, 0.2) is 18.2 Å². The average Bonchev–Trinajstić information content (AvgIpc) is 2.32. The monoisotopic (exact) mass is 254 g/mol. The van der Waals surface area contributed by atoms with E-state index in [-0.39, 0.29) is 17.5 Å². The molecule has 2 atom stereocenters. The molecule has 1 aromatic carbocycles. The Balaban J connectivity index is 2.02. The van der Waals surface area contributed by atoms with Crippen molar-refractivity contribution in [3.8, 4) is 0 Å². The molecule has 1 saturated heterocycles. The standard InChI is InChI=1S/C13H16F2N2O/c1-8-4-9(7-16-6-8)13(18)17-12-3-2-10(14)5-11(12)15/h2-3,5,8-9,16H,4,6-7H2,1H3,(H,17,18). The van der Waals surface area contributed by atoms with Crippen LogP contribution in [0.1, 0.15) is 13.3 Å². The topological polar surface area (TPSA) is 41.1 Å². The number of amides is 1. The Morgan fingerprint density at radius 2 is 2.17 bits per heavy atom. The Hall–Kier alpha value is -1.49. The van der Waals surface area contributed by atoms with Gasteiger partial charge < -0.3 is 10.6 Å². The third-order valence-electron chi connectivity index (χ3n) is 3.13. The molecular weight excluding hydrogens is 238 g/mol. The lowest BCUT2D eigenvalue weighted by atomic mass is 9.91. The third-order valence-corrected chi connectivity index (χ3v) is 3.13. The van der Waals surface area contributed by atoms with Gasteiger partial charge >= 0.3 is 0 Å². The van der Waals surface area contributed by atoms with Crippen molar-refractivity contribution >= 4 is 11.6 Å². The van der Waals surface area contributed by atoms with Crippen LogP contribution in [0.4, 0.5) is 14.5 Å². The highest BCUT2D eigenvalue weighted by Crippen LogP contribution is 2.20. The predicted molar refractivity (Wildman–Crippen MR) is 65.1 cm³/mol. The number of halogens is 2. The van der Waals surface area contributed by atoms with Crippen LogP contribution in [0.3, 0.4) is 0 Å². The summed E-state index contributed by atoms with van der Waals surface area (Å²) in [5, 5.41) is 5.67. The molecule has 1 aromatic rings. The fraction of sp³-hybridized carbons (Fsp3) is 0.462. The van der Waals surface area contributed by atoms with Crippen LogP contribution in [0.5, 0.6) is 0 Å². The van der Waals surface area contributed by atoms with Crippen molar-refractivity contribution in [1.29, 1.82) is 0 Å². The zero-order valence-electron chi connectivity index (χ0n) is 10.2. The molecule has 0 bridgehead atoms. The summed E-state index contributed by atoms with van der Waals surface area (Å²) in [5.74, 6) is -1.37. The molecule has 2 unspecified atom stereocenters. The highest BCUT2D eigenvalue weighted by molar-refractivity contribution is 5.92. The van der Waals surface area contributed by atoms with Gasteiger partial charge in [0.2, 0.25) is 5.91 Å². The van der Waals surface area contributed by atoms with Gasteiger partial charge in [0.1, 0.15) is 11.6 Å². The fourth-order valence-corrected chi connectivity index (χ4v) is 2.18. The minimum Gasteiger partial charge on any atom is -0.323 e. The molecule has 5 heteroatoms. The van der Waals surface area contributed by atoms with E-state index in [9.17, 15) is 13.6 Å². The normalized spacial score (nSPS) is 23.7. The minimum atomic E-state index is -0.750. The smallest absolute Gasteiger partial charge is 0.228 e. The van der Waals surface area contributed by atoms with Crippen LogP contribution >= 0.6 is 0 Å². The summed E-state index contributed by atoms with van der Waals surface area (Å²) >= 11 is 0. The van der Waals surface area contributed by atoms with Crippen molar-refractivity contribution in [2.75, 3.05) is 18.4 Å². The van der Waals surface area contributed by atoms with Crippen LogP contribution in [0, 0.1) is 23.5 Å². The molecule has 1 heterocycles. The Labute approximate surface area is 105 Å². The Bertz CT molecular complexity index is 451. The van der Waals surface area contributed by atoms with Gasteiger partial charge in [0, 0.05) is 12.6 Å². The third kappa shape index (κ3) is 3.04. The van der Waals surface area contributed by atoms with Crippen molar-refractivity contribution < 1.29 is 13.6 Å². The number of benzene rings is 1. The van der Waals surface area contributed by atoms with E-state index in [0.717, 1.165) is 25.1 Å². The van der Waals surface area contributed by atoms with Gasteiger partial charge in [0.05, 0.1) is 11.6 Å². The molecule has 2 N–H and O–H groups in total. The van der Waals surface area contributed by atoms with Gasteiger partial charge in [-0.3, -0.25) is 4.79 Å². The molecule has 1 aliphatic rings. The van der Waals surface area contributed by atoms with Crippen LogP contribution in [0.2, 0.25) is 0 Å². The van der Waals surface area contributed by atoms with E-state index in [4.69, 9.17) is 0 Å². The molecule has 98 valence electrons. The molecule has 0 spiro atoms. The first-order valence-corrected chi connectivity index (χ1v) is 6.03. The Morgan fingerprint density at radius 3 is 2.83 bits per heavy atom. The van der Waals surface area contributed by atoms with E-state index in [1.807, 2.05) is 0 Å². The molecule has 0 saturated carbocycles. The van der Waals surface area contributed by atoms with Gasteiger partial charge in [-0.2, -0.15) is 0 Å². The Morgan fingerprint density at radius 1 is 1.39 bits per heavy atom. The average molecular weight is 254 g/mol. The number of nitrogens with one attached hydrogen (secondary N) is 2. The van der Waals surface area contributed by atoms with E-state index in [0.29, 0.717) is 12.5 Å². The summed E-state index contributed by atoms with van der Waals surface area (Å²) in [6.07, 6.45) is 0.779. The van der Waals surface area contributed by atoms with Crippen molar-refractivity contribution in [1.82, 2.24) is 5.32 Å². The molecule has 1 amide bonds. The second kappa shape index (κ2) is 5.44. The maximum Gasteiger partial charge on any atom is 0.228 e. The van der Waals surface area contributed by atoms with E-state index >= 15 is 0 Å². The maximum atomic E-state index is 13.4. The van der Waals surface area contributed by atoms with Gasteiger partial charge in [0.25, 0.3) is 0 Å². The van der Waals surface area contributed by atoms with E-state index in [1.165, 1.54) is 6.07 Å². The zero-order chi connectivity index (χ0) is 13.1. The maximum absolute atomic E-state index is 13.4. The van der Waals surface area contributed by atoms with E-state index in [2.05, 4.69) is 17.6 Å². The molecule has 0 aliphatic carbocycles. The molecule has 1 fully saturated rings. The first-order valence-electron chi connectivity index (χ1n) is 6.03. The molecule has 0 radical (unpaired) electrons. The van der Waals surface area contributed by atoms with Crippen LogP contribution in [0.25, 0.3) is 0 Å². The minimum absolute atomic E-state index is 0.0274. The van der Waals surface area contributed by atoms with Crippen molar-refractivity contribution in [3.05, 3.63) is 29.8 Å². The quantitative estimate of drug-likeness (QED) is 0.849. The van der Waals surface area contributed by atoms with Crippen molar-refractivity contribution in [2.45, 2.75) is 13.3 Å². The zero-order valence-corrected chi connectivity index (χ0v) is 10.2. The van der Waals surface area contributed by atoms with Gasteiger partial charge in [-0.05, 0) is 31.0 Å². The van der Waals surface area contributed by atoms with E-state index in [1.54, 1.807) is 0 Å². The lowest BCUT2D eigenvalue weighted by Gasteiger charge is -2.26. The number of anilines is 1. The SMILES string of the molecule is CC1CNCC(C(=O)Nc2ccc(F)cc2F)C1. The first-order chi connectivity index (χ1) is 8.56. The van der Waals surface area contributed by atoms with E-state index < -0.39 is 11.6 Å². The summed E-state index contributed by atoms with van der Waals surface area (Å²) in [7, 11) is 0. The van der Waals surface area contributed by atoms with Crippen LogP contribution in [-0.2, 0) is 4.79 Å². The van der Waals surface area contributed by atoms with Gasteiger partial charge in [-0.1, -0.05) is 6.92 Å². The highest BCUT2D eigenvalue weighted by atomic mass is 19.1. The van der Waals surface area contributed by atoms with Crippen molar-refractivity contribution in [2.24, 2.45) is 11.8 Å². The molecular formula is C13H16F2N2O. The fourth-order valence-electron chi connectivity index (χ4n) is 2.18. The van der Waals surface area contributed by atoms with Gasteiger partial charge in [0.15, 0.2) is 0 Å². The number of carbonyl (C=O) groups excluding carboxylic acids is 1. The second-order valence-electron chi connectivity index (χ2n) is 4.81. The molecule has 1 aliphatic heterocycles. The number of carbonyl (C=O) groups is 1. The van der Waals surface area contributed by atoms with Gasteiger partial charge in [-0.25, -0.2) is 8.78 Å². The van der Waals surface area contributed by atoms with Gasteiger partial charge in [-0.15, -0.1) is 0 Å². The Kier molecular flexibility index (Phi) is 3.91. The number of hydrogen-bond acceptors (Lipinski definition) is 2. The van der Waals surface area contributed by atoms with Crippen LogP contribution in [-0.4, -0.2) is 19.0 Å². The largest absolute Gasteiger partial charge is 0.323 e. The van der Waals surface area contributed by atoms with Crippen molar-refractivity contribution in [3.63, 3.8) is 0 Å². The molecule has 2 rings (SSSR count). The summed E-state index contributed by atoms with van der Waals surface area (Å²) in [4.78, 5) is 11.9. The predicted octanol–water partition coefficient (Wildman–Crippen LogP) is 2.15. The number of hydrogen-bond donors (Lipinski definition) is 2. The summed E-state index contributed by atoms with van der Waals surface area (Å²) in [5.41, 5.74) is 0.0274. The molecule has 18 heavy (non-hydrogen) atoms. The lowest BCUT2D eigenvalue weighted by Crippen LogP contribution is -2.41. The summed E-state index contributed by atoms with van der Waals surface area (Å²) < 4.78 is 26.1. The lowest BCUT2D eigenvalue weighted by molar-refractivity contribution is -0.120. The first kappa shape index (κ1) is 13.0. The molecule has 0 aromatic heterocycles. The highest BCUT2D eigenvalue weighted by Gasteiger charge is 2.25. The number of rotatable bonds is 2. The van der Waals surface area contributed by atoms with Crippen LogP contribution < -0.4 is 10.6 Å². The second-order valence-corrected chi connectivity index (χ2v) is 4.81. The molecule has 3 nitrogen and oxygen atoms in total. The summed E-state index contributed by atoms with van der Waals surface area (Å²) in [6.45, 7) is 3.55.